The van der Waals surface area contributed by atoms with E-state index in [1.165, 1.54) is 0 Å². The second-order valence-corrected chi connectivity index (χ2v) is 5.51. The van der Waals surface area contributed by atoms with Crippen LogP contribution in [0, 0.1) is 12.3 Å². The minimum atomic E-state index is -0.528. The highest BCUT2D eigenvalue weighted by molar-refractivity contribution is 9.10. The first-order valence-corrected chi connectivity index (χ1v) is 5.82. The molecule has 1 atom stereocenters. The molecule has 2 nitrogen and oxygen atoms in total. The average molecular weight is 272 g/mol. The molecule has 0 aliphatic rings. The van der Waals surface area contributed by atoms with Crippen molar-refractivity contribution in [2.24, 2.45) is 11.1 Å². The van der Waals surface area contributed by atoms with Crippen LogP contribution < -0.4 is 5.73 Å². The predicted octanol–water partition coefficient (Wildman–Crippen LogP) is 2.78. The lowest BCUT2D eigenvalue weighted by Gasteiger charge is -2.30. The van der Waals surface area contributed by atoms with Gasteiger partial charge in [0.15, 0.2) is 0 Å². The van der Waals surface area contributed by atoms with Gasteiger partial charge in [-0.1, -0.05) is 35.8 Å². The molecule has 0 saturated carbocycles. The average Bonchev–Trinajstić information content (AvgIpc) is 2.20. The monoisotopic (exact) mass is 271 g/mol. The number of aliphatic hydroxyl groups excluding tert-OH is 1. The van der Waals surface area contributed by atoms with Gasteiger partial charge in [0.25, 0.3) is 0 Å². The molecule has 0 radical (unpaired) electrons. The van der Waals surface area contributed by atoms with Gasteiger partial charge < -0.3 is 10.8 Å². The third-order valence-electron chi connectivity index (χ3n) is 2.80. The van der Waals surface area contributed by atoms with E-state index in [4.69, 9.17) is 5.73 Å². The van der Waals surface area contributed by atoms with Gasteiger partial charge in [-0.15, -0.1) is 0 Å². The summed E-state index contributed by atoms with van der Waals surface area (Å²) >= 11 is 3.41. The van der Waals surface area contributed by atoms with Crippen LogP contribution in [-0.4, -0.2) is 11.7 Å². The quantitative estimate of drug-likeness (QED) is 0.888. The molecule has 3 N–H and O–H groups in total. The van der Waals surface area contributed by atoms with Crippen molar-refractivity contribution in [3.63, 3.8) is 0 Å². The summed E-state index contributed by atoms with van der Waals surface area (Å²) in [6.07, 6.45) is -0.528. The highest BCUT2D eigenvalue weighted by Gasteiger charge is 2.28. The molecule has 1 rings (SSSR count). The summed E-state index contributed by atoms with van der Waals surface area (Å²) in [6, 6.07) is 5.92. The molecule has 0 bridgehead atoms. The van der Waals surface area contributed by atoms with Gasteiger partial charge >= 0.3 is 0 Å². The van der Waals surface area contributed by atoms with Gasteiger partial charge in [0.05, 0.1) is 6.10 Å². The van der Waals surface area contributed by atoms with Gasteiger partial charge in [-0.3, -0.25) is 0 Å². The summed E-state index contributed by atoms with van der Waals surface area (Å²) in [6.45, 7) is 6.40. The van der Waals surface area contributed by atoms with E-state index in [1.54, 1.807) is 0 Å². The van der Waals surface area contributed by atoms with Crippen molar-refractivity contribution >= 4 is 15.9 Å². The van der Waals surface area contributed by atoms with E-state index in [1.807, 2.05) is 39.0 Å². The highest BCUT2D eigenvalue weighted by Crippen LogP contribution is 2.34. The lowest BCUT2D eigenvalue weighted by molar-refractivity contribution is 0.0549. The van der Waals surface area contributed by atoms with E-state index in [2.05, 4.69) is 15.9 Å². The highest BCUT2D eigenvalue weighted by atomic mass is 79.9. The molecule has 0 saturated heterocycles. The van der Waals surface area contributed by atoms with Gasteiger partial charge in [-0.25, -0.2) is 0 Å². The smallest absolute Gasteiger partial charge is 0.0855 e. The van der Waals surface area contributed by atoms with Gasteiger partial charge in [0.2, 0.25) is 0 Å². The Hall–Kier alpha value is -0.380. The SMILES string of the molecule is Cc1ccc(Br)cc1C(O)C(C)(C)CN. The first-order valence-electron chi connectivity index (χ1n) is 5.02. The second-order valence-electron chi connectivity index (χ2n) is 4.60. The molecule has 15 heavy (non-hydrogen) atoms. The fourth-order valence-corrected chi connectivity index (χ4v) is 1.82. The maximum absolute atomic E-state index is 10.3. The van der Waals surface area contributed by atoms with Crippen LogP contribution in [0.2, 0.25) is 0 Å². The Morgan fingerprint density at radius 3 is 2.60 bits per heavy atom. The van der Waals surface area contributed by atoms with E-state index in [-0.39, 0.29) is 5.41 Å². The summed E-state index contributed by atoms with van der Waals surface area (Å²) in [5.74, 6) is 0. The Kier molecular flexibility index (Phi) is 3.93. The molecule has 84 valence electrons. The number of aryl methyl sites for hydroxylation is 1. The molecule has 1 unspecified atom stereocenters. The zero-order valence-electron chi connectivity index (χ0n) is 9.42. The van der Waals surface area contributed by atoms with Crippen LogP contribution in [-0.2, 0) is 0 Å². The van der Waals surface area contributed by atoms with Crippen LogP contribution >= 0.6 is 15.9 Å². The Morgan fingerprint density at radius 1 is 1.47 bits per heavy atom. The molecular weight excluding hydrogens is 254 g/mol. The van der Waals surface area contributed by atoms with Crippen LogP contribution in [0.25, 0.3) is 0 Å². The van der Waals surface area contributed by atoms with E-state index in [0.29, 0.717) is 6.54 Å². The minimum absolute atomic E-state index is 0.300. The molecule has 0 aliphatic heterocycles. The zero-order valence-corrected chi connectivity index (χ0v) is 11.0. The number of benzene rings is 1. The molecule has 0 aliphatic carbocycles. The molecule has 3 heteroatoms. The van der Waals surface area contributed by atoms with Crippen molar-refractivity contribution in [2.45, 2.75) is 26.9 Å². The van der Waals surface area contributed by atoms with Gasteiger partial charge in [0.1, 0.15) is 0 Å². The standard InChI is InChI=1S/C12H18BrNO/c1-8-4-5-9(13)6-10(8)11(15)12(2,3)7-14/h4-6,11,15H,7,14H2,1-3H3. The molecule has 1 aromatic rings. The summed E-state index contributed by atoms with van der Waals surface area (Å²) in [5.41, 5.74) is 7.40. The van der Waals surface area contributed by atoms with Crippen molar-refractivity contribution in [2.75, 3.05) is 6.54 Å². The third kappa shape index (κ3) is 2.80. The number of hydrogen-bond acceptors (Lipinski definition) is 2. The number of aliphatic hydroxyl groups is 1. The van der Waals surface area contributed by atoms with Crippen molar-refractivity contribution in [1.82, 2.24) is 0 Å². The molecule has 0 amide bonds. The second kappa shape index (κ2) is 4.64. The van der Waals surface area contributed by atoms with E-state index < -0.39 is 6.10 Å². The van der Waals surface area contributed by atoms with Crippen LogP contribution in [0.1, 0.15) is 31.1 Å². The molecule has 0 spiro atoms. The Bertz CT molecular complexity index is 349. The van der Waals surface area contributed by atoms with Crippen molar-refractivity contribution < 1.29 is 5.11 Å². The van der Waals surface area contributed by atoms with E-state index in [0.717, 1.165) is 15.6 Å². The summed E-state index contributed by atoms with van der Waals surface area (Å²) < 4.78 is 0.981. The Morgan fingerprint density at radius 2 is 2.07 bits per heavy atom. The summed E-state index contributed by atoms with van der Waals surface area (Å²) in [4.78, 5) is 0. The van der Waals surface area contributed by atoms with Crippen LogP contribution in [0.15, 0.2) is 22.7 Å². The van der Waals surface area contributed by atoms with Crippen LogP contribution in [0.5, 0.6) is 0 Å². The van der Waals surface area contributed by atoms with Crippen molar-refractivity contribution in [3.05, 3.63) is 33.8 Å². The zero-order chi connectivity index (χ0) is 11.6. The first-order chi connectivity index (χ1) is 6.88. The van der Waals surface area contributed by atoms with Crippen LogP contribution in [0.4, 0.5) is 0 Å². The molecular formula is C12H18BrNO. The largest absolute Gasteiger partial charge is 0.388 e. The van der Waals surface area contributed by atoms with Gasteiger partial charge in [-0.2, -0.15) is 0 Å². The van der Waals surface area contributed by atoms with E-state index >= 15 is 0 Å². The fourth-order valence-electron chi connectivity index (χ4n) is 1.44. The molecule has 0 heterocycles. The summed E-state index contributed by atoms with van der Waals surface area (Å²) in [5, 5.41) is 10.3. The number of halogens is 1. The summed E-state index contributed by atoms with van der Waals surface area (Å²) in [7, 11) is 0. The van der Waals surface area contributed by atoms with Crippen LogP contribution in [0.3, 0.4) is 0 Å². The van der Waals surface area contributed by atoms with Crippen molar-refractivity contribution in [3.8, 4) is 0 Å². The number of rotatable bonds is 3. The number of hydrogen-bond donors (Lipinski definition) is 2. The molecule has 0 aromatic heterocycles. The Balaban J connectivity index is 3.10. The fraction of sp³-hybridized carbons (Fsp3) is 0.500. The minimum Gasteiger partial charge on any atom is -0.388 e. The maximum atomic E-state index is 10.3. The third-order valence-corrected chi connectivity index (χ3v) is 3.30. The van der Waals surface area contributed by atoms with E-state index in [9.17, 15) is 5.11 Å². The topological polar surface area (TPSA) is 46.2 Å². The lowest BCUT2D eigenvalue weighted by atomic mass is 9.81. The lowest BCUT2D eigenvalue weighted by Crippen LogP contribution is -2.31. The Labute approximate surface area is 99.6 Å². The molecule has 1 aromatic carbocycles. The first kappa shape index (κ1) is 12.7. The van der Waals surface area contributed by atoms with Gasteiger partial charge in [0, 0.05) is 16.4 Å². The number of nitrogens with two attached hydrogens (primary N) is 1. The van der Waals surface area contributed by atoms with Gasteiger partial charge in [-0.05, 0) is 30.2 Å². The normalized spacial score (nSPS) is 14.0. The predicted molar refractivity (Wildman–Crippen MR) is 66.7 cm³/mol. The molecule has 0 fully saturated rings. The van der Waals surface area contributed by atoms with Crippen molar-refractivity contribution in [1.29, 1.82) is 0 Å². The maximum Gasteiger partial charge on any atom is 0.0855 e.